The topological polar surface area (TPSA) is 78.9 Å². The van der Waals surface area contributed by atoms with Gasteiger partial charge in [-0.05, 0) is 36.8 Å². The van der Waals surface area contributed by atoms with Crippen LogP contribution in [0.4, 0.5) is 11.4 Å². The number of anilines is 2. The number of nitrogens with one attached hydrogen (secondary N) is 1. The van der Waals surface area contributed by atoms with E-state index in [0.29, 0.717) is 33.3 Å². The fourth-order valence-corrected chi connectivity index (χ4v) is 3.95. The molecule has 0 saturated carbocycles. The van der Waals surface area contributed by atoms with Crippen LogP contribution in [0.2, 0.25) is 5.02 Å². The van der Waals surface area contributed by atoms with Crippen molar-refractivity contribution in [3.63, 3.8) is 0 Å². The van der Waals surface area contributed by atoms with E-state index >= 15 is 0 Å². The summed E-state index contributed by atoms with van der Waals surface area (Å²) in [7, 11) is 1.49. The Kier molecular flexibility index (Phi) is 5.43. The third-order valence-electron chi connectivity index (χ3n) is 5.35. The number of fused-ring (bicyclic) bond motifs is 1. The van der Waals surface area contributed by atoms with Crippen LogP contribution in [0.3, 0.4) is 0 Å². The van der Waals surface area contributed by atoms with Crippen LogP contribution in [0, 0.1) is 6.92 Å². The van der Waals surface area contributed by atoms with E-state index in [2.05, 4.69) is 5.32 Å². The summed E-state index contributed by atoms with van der Waals surface area (Å²) in [4.78, 5) is 27.5. The average Bonchev–Trinajstić information content (AvgIpc) is 2.97. The smallest absolute Gasteiger partial charge is 0.268 e. The molecule has 2 amide bonds. The molecule has 3 aromatic carbocycles. The molecule has 31 heavy (non-hydrogen) atoms. The number of methoxy groups -OCH3 is 1. The van der Waals surface area contributed by atoms with Crippen LogP contribution in [-0.4, -0.2) is 30.6 Å². The molecule has 7 heteroatoms. The molecule has 1 heterocycles. The number of aryl methyl sites for hydroxylation is 1. The van der Waals surface area contributed by atoms with Gasteiger partial charge in [-0.1, -0.05) is 59.6 Å². The van der Waals surface area contributed by atoms with E-state index in [1.807, 2.05) is 19.1 Å². The molecule has 158 valence electrons. The summed E-state index contributed by atoms with van der Waals surface area (Å²) in [6, 6.07) is 18.9. The average molecular weight is 437 g/mol. The van der Waals surface area contributed by atoms with Crippen molar-refractivity contribution in [3.05, 3.63) is 88.4 Å². The molecule has 0 fully saturated rings. The maximum atomic E-state index is 13.4. The van der Waals surface area contributed by atoms with E-state index < -0.39 is 17.4 Å². The van der Waals surface area contributed by atoms with Gasteiger partial charge in [0.25, 0.3) is 5.91 Å². The normalized spacial score (nSPS) is 17.4. The summed E-state index contributed by atoms with van der Waals surface area (Å²) in [5.41, 5.74) is 0.931. The number of hydrogen-bond donors (Lipinski definition) is 2. The van der Waals surface area contributed by atoms with Gasteiger partial charge in [-0.3, -0.25) is 14.5 Å². The molecular weight excluding hydrogens is 416 g/mol. The Balaban J connectivity index is 1.65. The predicted molar refractivity (Wildman–Crippen MR) is 120 cm³/mol. The van der Waals surface area contributed by atoms with Crippen LogP contribution in [0.5, 0.6) is 5.75 Å². The molecule has 1 aliphatic heterocycles. The summed E-state index contributed by atoms with van der Waals surface area (Å²) in [6.07, 6.45) is 0. The second kappa shape index (κ2) is 8.06. The summed E-state index contributed by atoms with van der Waals surface area (Å²) in [6.45, 7) is 1.65. The minimum atomic E-state index is -1.86. The highest BCUT2D eigenvalue weighted by molar-refractivity contribution is 6.31. The van der Waals surface area contributed by atoms with Crippen molar-refractivity contribution >= 4 is 34.8 Å². The van der Waals surface area contributed by atoms with Crippen LogP contribution in [-0.2, 0) is 15.2 Å². The lowest BCUT2D eigenvalue weighted by molar-refractivity contribution is -0.133. The van der Waals surface area contributed by atoms with Crippen molar-refractivity contribution in [2.45, 2.75) is 12.5 Å². The molecule has 0 bridgehead atoms. The van der Waals surface area contributed by atoms with Crippen LogP contribution in [0.1, 0.15) is 16.7 Å². The van der Waals surface area contributed by atoms with E-state index in [0.717, 1.165) is 5.56 Å². The molecule has 4 rings (SSSR count). The molecule has 3 aromatic rings. The molecule has 1 aliphatic rings. The number of nitrogens with zero attached hydrogens (tertiary/aromatic N) is 1. The largest absolute Gasteiger partial charge is 0.495 e. The van der Waals surface area contributed by atoms with E-state index in [9.17, 15) is 14.7 Å². The Labute approximate surface area is 185 Å². The molecule has 0 saturated heterocycles. The number of amides is 2. The molecule has 6 nitrogen and oxygen atoms in total. The van der Waals surface area contributed by atoms with E-state index in [-0.39, 0.29) is 6.54 Å². The first-order valence-electron chi connectivity index (χ1n) is 9.69. The SMILES string of the molecule is COc1ccc(Cl)cc1NC(=O)CN1C(=O)[C@@](O)(c2ccc(C)cc2)c2ccccc21. The number of hydrogen-bond acceptors (Lipinski definition) is 4. The Morgan fingerprint density at radius 2 is 1.84 bits per heavy atom. The highest BCUT2D eigenvalue weighted by atomic mass is 35.5. The summed E-state index contributed by atoms with van der Waals surface area (Å²) < 4.78 is 5.26. The number of ether oxygens (including phenoxy) is 1. The third-order valence-corrected chi connectivity index (χ3v) is 5.58. The third kappa shape index (κ3) is 3.65. The fourth-order valence-electron chi connectivity index (χ4n) is 3.78. The van der Waals surface area contributed by atoms with Gasteiger partial charge in [0.05, 0.1) is 18.5 Å². The maximum absolute atomic E-state index is 13.4. The number of rotatable bonds is 5. The molecule has 0 radical (unpaired) electrons. The van der Waals surface area contributed by atoms with Crippen LogP contribution >= 0.6 is 11.6 Å². The molecule has 0 unspecified atom stereocenters. The predicted octanol–water partition coefficient (Wildman–Crippen LogP) is 3.88. The highest BCUT2D eigenvalue weighted by Gasteiger charge is 2.51. The zero-order chi connectivity index (χ0) is 22.2. The summed E-state index contributed by atoms with van der Waals surface area (Å²) in [5.74, 6) is -0.579. The lowest BCUT2D eigenvalue weighted by Crippen LogP contribution is -2.44. The first kappa shape index (κ1) is 20.9. The first-order valence-corrected chi connectivity index (χ1v) is 10.1. The zero-order valence-corrected chi connectivity index (χ0v) is 17.8. The van der Waals surface area contributed by atoms with Crippen molar-refractivity contribution in [1.29, 1.82) is 0 Å². The lowest BCUT2D eigenvalue weighted by atomic mass is 9.87. The van der Waals surface area contributed by atoms with Gasteiger partial charge in [0.1, 0.15) is 12.3 Å². The van der Waals surface area contributed by atoms with Gasteiger partial charge in [-0.2, -0.15) is 0 Å². The zero-order valence-electron chi connectivity index (χ0n) is 17.1. The number of benzene rings is 3. The second-order valence-corrected chi connectivity index (χ2v) is 7.81. The monoisotopic (exact) mass is 436 g/mol. The minimum Gasteiger partial charge on any atom is -0.495 e. The van der Waals surface area contributed by atoms with Gasteiger partial charge in [0.15, 0.2) is 5.60 Å². The van der Waals surface area contributed by atoms with Crippen LogP contribution in [0.25, 0.3) is 0 Å². The molecule has 0 aliphatic carbocycles. The number of aliphatic hydroxyl groups is 1. The Bertz CT molecular complexity index is 1160. The van der Waals surface area contributed by atoms with Crippen LogP contribution in [0.15, 0.2) is 66.7 Å². The maximum Gasteiger partial charge on any atom is 0.268 e. The van der Waals surface area contributed by atoms with E-state index in [4.69, 9.17) is 16.3 Å². The molecule has 1 atom stereocenters. The Morgan fingerprint density at radius 3 is 2.55 bits per heavy atom. The fraction of sp³-hybridized carbons (Fsp3) is 0.167. The van der Waals surface area contributed by atoms with Crippen molar-refractivity contribution < 1.29 is 19.4 Å². The highest BCUT2D eigenvalue weighted by Crippen LogP contribution is 2.44. The van der Waals surface area contributed by atoms with Crippen molar-refractivity contribution in [1.82, 2.24) is 0 Å². The number of halogens is 1. The first-order chi connectivity index (χ1) is 14.8. The number of carbonyl (C=O) groups is 2. The molecule has 2 N–H and O–H groups in total. The van der Waals surface area contributed by atoms with E-state index in [1.165, 1.54) is 12.0 Å². The van der Waals surface area contributed by atoms with Gasteiger partial charge >= 0.3 is 0 Å². The van der Waals surface area contributed by atoms with Crippen molar-refractivity contribution in [3.8, 4) is 5.75 Å². The van der Waals surface area contributed by atoms with Gasteiger partial charge in [-0.15, -0.1) is 0 Å². The Morgan fingerprint density at radius 1 is 1.13 bits per heavy atom. The van der Waals surface area contributed by atoms with Gasteiger partial charge in [-0.25, -0.2) is 0 Å². The quantitative estimate of drug-likeness (QED) is 0.636. The van der Waals surface area contributed by atoms with Crippen molar-refractivity contribution in [2.24, 2.45) is 0 Å². The van der Waals surface area contributed by atoms with Crippen molar-refractivity contribution in [2.75, 3.05) is 23.9 Å². The van der Waals surface area contributed by atoms with Gasteiger partial charge < -0.3 is 15.2 Å². The molecule has 0 spiro atoms. The van der Waals surface area contributed by atoms with Crippen LogP contribution < -0.4 is 15.0 Å². The molecule has 0 aromatic heterocycles. The standard InChI is InChI=1S/C24H21ClN2O4/c1-15-7-9-16(10-8-15)24(30)18-5-3-4-6-20(18)27(23(24)29)14-22(28)26-19-13-17(25)11-12-21(19)31-2/h3-13,30H,14H2,1-2H3,(H,26,28)/t24-/m1/s1. The summed E-state index contributed by atoms with van der Waals surface area (Å²) in [5, 5.41) is 14.7. The summed E-state index contributed by atoms with van der Waals surface area (Å²) >= 11 is 6.03. The van der Waals surface area contributed by atoms with E-state index in [1.54, 1.807) is 54.6 Å². The second-order valence-electron chi connectivity index (χ2n) is 7.38. The number of para-hydroxylation sites is 1. The van der Waals surface area contributed by atoms with Gasteiger partial charge in [0.2, 0.25) is 5.91 Å². The van der Waals surface area contributed by atoms with Gasteiger partial charge in [0, 0.05) is 10.6 Å². The Hall–Kier alpha value is -3.35. The number of carbonyl (C=O) groups excluding carboxylic acids is 2. The molecular formula is C24H21ClN2O4. The minimum absolute atomic E-state index is 0.278. The lowest BCUT2D eigenvalue weighted by Gasteiger charge is -2.24.